The van der Waals surface area contributed by atoms with Gasteiger partial charge in [0.15, 0.2) is 0 Å². The Morgan fingerprint density at radius 1 is 1.23 bits per heavy atom. The van der Waals surface area contributed by atoms with Gasteiger partial charge in [-0.1, -0.05) is 13.0 Å². The highest BCUT2D eigenvalue weighted by atomic mass is 16.2. The van der Waals surface area contributed by atoms with Gasteiger partial charge in [0.2, 0.25) is 0 Å². The van der Waals surface area contributed by atoms with E-state index in [0.29, 0.717) is 12.1 Å². The first-order valence-electron chi connectivity index (χ1n) is 9.09. The lowest BCUT2D eigenvalue weighted by Gasteiger charge is -2.37. The maximum absolute atomic E-state index is 13.4. The molecule has 1 aliphatic heterocycles. The van der Waals surface area contributed by atoms with E-state index in [4.69, 9.17) is 0 Å². The quantitative estimate of drug-likeness (QED) is 0.727. The highest BCUT2D eigenvalue weighted by Crippen LogP contribution is 2.33. The largest absolute Gasteiger partial charge is 0.348 e. The number of carbonyl (C=O) groups is 1. The van der Waals surface area contributed by atoms with Gasteiger partial charge in [0.05, 0.1) is 17.8 Å². The van der Waals surface area contributed by atoms with Crippen LogP contribution in [0.1, 0.15) is 46.7 Å². The van der Waals surface area contributed by atoms with Gasteiger partial charge in [0.25, 0.3) is 5.91 Å². The molecule has 134 valence electrons. The van der Waals surface area contributed by atoms with E-state index in [-0.39, 0.29) is 11.9 Å². The zero-order chi connectivity index (χ0) is 18.1. The molecule has 6 nitrogen and oxygen atoms in total. The fourth-order valence-corrected chi connectivity index (χ4v) is 3.74. The summed E-state index contributed by atoms with van der Waals surface area (Å²) in [5.41, 5.74) is 3.77. The molecule has 0 bridgehead atoms. The van der Waals surface area contributed by atoms with Crippen LogP contribution < -0.4 is 0 Å². The van der Waals surface area contributed by atoms with E-state index in [1.807, 2.05) is 40.9 Å². The average Bonchev–Trinajstić information content (AvgIpc) is 3.28. The van der Waals surface area contributed by atoms with Gasteiger partial charge in [-0.25, -0.2) is 0 Å². The second-order valence-electron chi connectivity index (χ2n) is 6.68. The average molecular weight is 349 g/mol. The molecule has 4 heterocycles. The Balaban J connectivity index is 1.74. The van der Waals surface area contributed by atoms with Crippen molar-refractivity contribution in [3.05, 3.63) is 71.6 Å². The Morgan fingerprint density at radius 3 is 2.88 bits per heavy atom. The number of aryl methyl sites for hydroxylation is 1. The summed E-state index contributed by atoms with van der Waals surface area (Å²) in [6, 6.07) is 7.95. The summed E-state index contributed by atoms with van der Waals surface area (Å²) in [5.74, 6) is 0.0335. The number of aromatic nitrogens is 4. The van der Waals surface area contributed by atoms with Crippen LogP contribution in [0, 0.1) is 6.92 Å². The summed E-state index contributed by atoms with van der Waals surface area (Å²) >= 11 is 0. The molecular weight excluding hydrogens is 326 g/mol. The minimum atomic E-state index is -0.131. The molecule has 0 N–H and O–H groups in total. The van der Waals surface area contributed by atoms with Gasteiger partial charge in [-0.05, 0) is 37.1 Å². The first-order chi connectivity index (χ1) is 12.7. The van der Waals surface area contributed by atoms with Crippen LogP contribution >= 0.6 is 0 Å². The fourth-order valence-electron chi connectivity index (χ4n) is 3.74. The first-order valence-corrected chi connectivity index (χ1v) is 9.09. The summed E-state index contributed by atoms with van der Waals surface area (Å²) in [6.07, 6.45) is 8.38. The van der Waals surface area contributed by atoms with E-state index in [1.54, 1.807) is 12.4 Å². The Hall–Kier alpha value is -2.89. The Morgan fingerprint density at radius 2 is 2.12 bits per heavy atom. The zero-order valence-electron chi connectivity index (χ0n) is 15.2. The van der Waals surface area contributed by atoms with Crippen LogP contribution in [0.4, 0.5) is 0 Å². The van der Waals surface area contributed by atoms with Crippen molar-refractivity contribution < 1.29 is 4.79 Å². The Labute approximate surface area is 153 Å². The first kappa shape index (κ1) is 16.6. The highest BCUT2D eigenvalue weighted by molar-refractivity contribution is 5.95. The molecule has 0 fully saturated rings. The zero-order valence-corrected chi connectivity index (χ0v) is 15.2. The fraction of sp³-hybridized carbons (Fsp3) is 0.350. The molecule has 0 spiro atoms. The van der Waals surface area contributed by atoms with Gasteiger partial charge >= 0.3 is 0 Å². The number of pyridine rings is 1. The van der Waals surface area contributed by atoms with Gasteiger partial charge in [-0.15, -0.1) is 0 Å². The van der Waals surface area contributed by atoms with Crippen molar-refractivity contribution in [1.29, 1.82) is 0 Å². The highest BCUT2D eigenvalue weighted by Gasteiger charge is 2.34. The maximum atomic E-state index is 13.4. The molecule has 1 amide bonds. The van der Waals surface area contributed by atoms with E-state index in [9.17, 15) is 4.79 Å². The molecule has 4 rings (SSSR count). The van der Waals surface area contributed by atoms with Crippen molar-refractivity contribution in [2.24, 2.45) is 0 Å². The smallest absolute Gasteiger partial charge is 0.258 e. The predicted octanol–water partition coefficient (Wildman–Crippen LogP) is 3.04. The van der Waals surface area contributed by atoms with E-state index >= 15 is 0 Å². The summed E-state index contributed by atoms with van der Waals surface area (Å²) in [7, 11) is 0. The lowest BCUT2D eigenvalue weighted by Crippen LogP contribution is -2.42. The molecule has 0 radical (unpaired) electrons. The summed E-state index contributed by atoms with van der Waals surface area (Å²) in [6.45, 7) is 6.38. The third-order valence-corrected chi connectivity index (χ3v) is 5.07. The molecule has 0 aliphatic carbocycles. The van der Waals surface area contributed by atoms with Crippen molar-refractivity contribution in [2.45, 2.75) is 39.4 Å². The summed E-state index contributed by atoms with van der Waals surface area (Å²) in [4.78, 5) is 19.6. The third-order valence-electron chi connectivity index (χ3n) is 5.07. The number of nitrogens with zero attached hydrogens (tertiary/aromatic N) is 5. The molecule has 0 saturated carbocycles. The number of carbonyl (C=O) groups excluding carboxylic acids is 1. The van der Waals surface area contributed by atoms with Gasteiger partial charge < -0.3 is 9.47 Å². The van der Waals surface area contributed by atoms with Crippen molar-refractivity contribution in [2.75, 3.05) is 6.54 Å². The predicted molar refractivity (Wildman–Crippen MR) is 98.8 cm³/mol. The minimum absolute atomic E-state index is 0.0335. The minimum Gasteiger partial charge on any atom is -0.348 e. The summed E-state index contributed by atoms with van der Waals surface area (Å²) in [5, 5.41) is 4.41. The topological polar surface area (TPSA) is 56.0 Å². The molecular formula is C20H23N5O. The van der Waals surface area contributed by atoms with Crippen LogP contribution in [0.5, 0.6) is 0 Å². The third kappa shape index (κ3) is 2.71. The van der Waals surface area contributed by atoms with Gasteiger partial charge in [-0.2, -0.15) is 5.10 Å². The molecule has 6 heteroatoms. The molecule has 0 aromatic carbocycles. The van der Waals surface area contributed by atoms with Crippen LogP contribution in [-0.4, -0.2) is 36.7 Å². The normalized spacial score (nSPS) is 16.5. The van der Waals surface area contributed by atoms with Crippen LogP contribution in [0.25, 0.3) is 0 Å². The standard InChI is InChI=1S/C20H23N5O/c1-3-9-25-15(2)17(14-22-25)20(26)24-12-11-23-10-5-7-18(23)19(24)16-6-4-8-21-13-16/h4-8,10,13-14,19H,3,9,11-12H2,1-2H3/t19-/m1/s1. The molecule has 0 unspecified atom stereocenters. The van der Waals surface area contributed by atoms with Crippen molar-refractivity contribution in [3.63, 3.8) is 0 Å². The van der Waals surface area contributed by atoms with Crippen LogP contribution in [0.3, 0.4) is 0 Å². The summed E-state index contributed by atoms with van der Waals surface area (Å²) < 4.78 is 4.13. The van der Waals surface area contributed by atoms with E-state index in [0.717, 1.165) is 36.5 Å². The molecule has 26 heavy (non-hydrogen) atoms. The SMILES string of the molecule is CCCn1ncc(C(=O)N2CCn3cccc3[C@H]2c2cccnc2)c1C. The number of hydrogen-bond donors (Lipinski definition) is 0. The number of rotatable bonds is 4. The van der Waals surface area contributed by atoms with Gasteiger partial charge in [-0.3, -0.25) is 14.5 Å². The van der Waals surface area contributed by atoms with E-state index in [1.165, 1.54) is 0 Å². The van der Waals surface area contributed by atoms with E-state index in [2.05, 4.69) is 33.8 Å². The second kappa shape index (κ2) is 6.78. The van der Waals surface area contributed by atoms with Crippen molar-refractivity contribution in [3.8, 4) is 0 Å². The lowest BCUT2D eigenvalue weighted by atomic mass is 10.0. The number of fused-ring (bicyclic) bond motifs is 1. The molecule has 3 aromatic rings. The lowest BCUT2D eigenvalue weighted by molar-refractivity contribution is 0.0663. The van der Waals surface area contributed by atoms with Crippen LogP contribution in [0.2, 0.25) is 0 Å². The van der Waals surface area contributed by atoms with Gasteiger partial charge in [0, 0.05) is 49.6 Å². The van der Waals surface area contributed by atoms with Crippen LogP contribution in [-0.2, 0) is 13.1 Å². The van der Waals surface area contributed by atoms with Gasteiger partial charge in [0.1, 0.15) is 0 Å². The second-order valence-corrected chi connectivity index (χ2v) is 6.68. The van der Waals surface area contributed by atoms with Crippen molar-refractivity contribution in [1.82, 2.24) is 24.2 Å². The Bertz CT molecular complexity index is 911. The van der Waals surface area contributed by atoms with Crippen molar-refractivity contribution >= 4 is 5.91 Å². The van der Waals surface area contributed by atoms with Crippen LogP contribution in [0.15, 0.2) is 49.1 Å². The molecule has 1 aliphatic rings. The number of amides is 1. The number of hydrogen-bond acceptors (Lipinski definition) is 3. The maximum Gasteiger partial charge on any atom is 0.258 e. The Kier molecular flexibility index (Phi) is 4.32. The molecule has 3 aromatic heterocycles. The monoisotopic (exact) mass is 349 g/mol. The molecule has 1 atom stereocenters. The van der Waals surface area contributed by atoms with E-state index < -0.39 is 0 Å². The molecule has 0 saturated heterocycles.